The van der Waals surface area contributed by atoms with Gasteiger partial charge in [0, 0.05) is 11.1 Å². The molecule has 140 valence electrons. The van der Waals surface area contributed by atoms with Gasteiger partial charge in [-0.05, 0) is 82.6 Å². The Balaban J connectivity index is 1.48. The van der Waals surface area contributed by atoms with Gasteiger partial charge in [-0.2, -0.15) is 0 Å². The Morgan fingerprint density at radius 3 is 1.40 bits per heavy atom. The highest BCUT2D eigenvalue weighted by molar-refractivity contribution is 5.87. The lowest BCUT2D eigenvalue weighted by Gasteiger charge is -2.01. The fraction of sp³-hybridized carbons (Fsp3) is 0. The van der Waals surface area contributed by atoms with Crippen molar-refractivity contribution >= 4 is 22.9 Å². The molecule has 0 heteroatoms. The van der Waals surface area contributed by atoms with Crippen LogP contribution in [-0.4, -0.2) is 0 Å². The van der Waals surface area contributed by atoms with E-state index < -0.39 is 0 Å². The van der Waals surface area contributed by atoms with Crippen molar-refractivity contribution in [1.29, 1.82) is 0 Å². The Bertz CT molecular complexity index is 1210. The maximum atomic E-state index is 3.14. The van der Waals surface area contributed by atoms with Crippen molar-refractivity contribution in [1.82, 2.24) is 0 Å². The highest BCUT2D eigenvalue weighted by atomic mass is 14.0. The van der Waals surface area contributed by atoms with E-state index in [1.165, 1.54) is 10.8 Å². The highest BCUT2D eigenvalue weighted by Crippen LogP contribution is 2.19. The van der Waals surface area contributed by atoms with Gasteiger partial charge in [0.2, 0.25) is 0 Å². The van der Waals surface area contributed by atoms with Gasteiger partial charge in [-0.1, -0.05) is 84.3 Å². The molecule has 0 heterocycles. The normalized spacial score (nSPS) is 10.5. The molecule has 0 aliphatic carbocycles. The first-order valence-electron chi connectivity index (χ1n) is 9.87. The smallest absolute Gasteiger partial charge is 0.0248 e. The molecule has 0 aliphatic rings. The molecule has 0 unspecified atom stereocenters. The second-order valence-corrected chi connectivity index (χ2v) is 6.80. The lowest BCUT2D eigenvalue weighted by Crippen LogP contribution is -1.78. The van der Waals surface area contributed by atoms with E-state index >= 15 is 0 Å². The molecule has 0 fully saturated rings. The van der Waals surface area contributed by atoms with Crippen molar-refractivity contribution in [3.8, 4) is 23.7 Å². The average molecular weight is 380 g/mol. The molecule has 4 rings (SSSR count). The van der Waals surface area contributed by atoms with Crippen molar-refractivity contribution < 1.29 is 0 Å². The number of rotatable bonds is 2. The summed E-state index contributed by atoms with van der Waals surface area (Å²) < 4.78 is 0. The average Bonchev–Trinajstić information content (AvgIpc) is 2.81. The summed E-state index contributed by atoms with van der Waals surface area (Å²) in [6, 6.07) is 32.9. The van der Waals surface area contributed by atoms with Crippen LogP contribution in [-0.2, 0) is 0 Å². The van der Waals surface area contributed by atoms with E-state index in [4.69, 9.17) is 0 Å². The fourth-order valence-corrected chi connectivity index (χ4v) is 3.06. The summed E-state index contributed by atoms with van der Waals surface area (Å²) in [5, 5.41) is 2.42. The van der Waals surface area contributed by atoms with Crippen LogP contribution in [0.15, 0.2) is 109 Å². The van der Waals surface area contributed by atoms with E-state index in [0.29, 0.717) is 0 Å². The topological polar surface area (TPSA) is 0 Å². The summed E-state index contributed by atoms with van der Waals surface area (Å²) in [6.45, 7) is 0. The Morgan fingerprint density at radius 2 is 0.933 bits per heavy atom. The standard InChI is InChI=1S/C30H20/c1-3-11-25(12-4-1)15-7-9-17-27-19-21-29-22-20-28(24-30(29)23-27)18-10-8-16-26-13-5-2-6-14-26/h1-6,9-14,17-24H/b17-9+,18-10+. The second kappa shape index (κ2) is 9.79. The Morgan fingerprint density at radius 1 is 0.467 bits per heavy atom. The molecule has 0 saturated heterocycles. The van der Waals surface area contributed by atoms with Crippen molar-refractivity contribution in [3.63, 3.8) is 0 Å². The summed E-state index contributed by atoms with van der Waals surface area (Å²) in [6.07, 6.45) is 7.89. The van der Waals surface area contributed by atoms with E-state index in [2.05, 4.69) is 60.1 Å². The van der Waals surface area contributed by atoms with Gasteiger partial charge in [-0.3, -0.25) is 0 Å². The molecule has 0 bridgehead atoms. The molecule has 0 aromatic heterocycles. The van der Waals surface area contributed by atoms with Crippen LogP contribution in [0.25, 0.3) is 22.9 Å². The lowest BCUT2D eigenvalue weighted by molar-refractivity contribution is 1.65. The molecule has 4 aromatic carbocycles. The highest BCUT2D eigenvalue weighted by Gasteiger charge is 1.96. The Kier molecular flexibility index (Phi) is 6.22. The molecule has 0 radical (unpaired) electrons. The predicted octanol–water partition coefficient (Wildman–Crippen LogP) is 6.97. The van der Waals surface area contributed by atoms with Crippen LogP contribution in [0.2, 0.25) is 0 Å². The minimum absolute atomic E-state index is 1.02. The van der Waals surface area contributed by atoms with Crippen molar-refractivity contribution in [2.75, 3.05) is 0 Å². The molecule has 0 atom stereocenters. The monoisotopic (exact) mass is 380 g/mol. The SMILES string of the molecule is C(#Cc1ccccc1)/C=C/c1ccc2ccc(/C=C/C#Cc3ccccc3)cc2c1. The van der Waals surface area contributed by atoms with E-state index in [0.717, 1.165) is 22.3 Å². The molecular weight excluding hydrogens is 360 g/mol. The van der Waals surface area contributed by atoms with E-state index in [1.807, 2.05) is 85.0 Å². The van der Waals surface area contributed by atoms with Crippen LogP contribution in [0.5, 0.6) is 0 Å². The zero-order valence-corrected chi connectivity index (χ0v) is 16.5. The molecule has 30 heavy (non-hydrogen) atoms. The molecule has 0 spiro atoms. The zero-order chi connectivity index (χ0) is 20.4. The van der Waals surface area contributed by atoms with Crippen molar-refractivity contribution in [2.45, 2.75) is 0 Å². The van der Waals surface area contributed by atoms with Gasteiger partial charge in [-0.15, -0.1) is 0 Å². The van der Waals surface area contributed by atoms with Crippen LogP contribution in [0.4, 0.5) is 0 Å². The van der Waals surface area contributed by atoms with Crippen LogP contribution in [0.3, 0.4) is 0 Å². The molecule has 0 saturated carbocycles. The third kappa shape index (κ3) is 5.39. The number of hydrogen-bond donors (Lipinski definition) is 0. The Labute approximate surface area is 178 Å². The minimum atomic E-state index is 1.02. The van der Waals surface area contributed by atoms with E-state index in [1.54, 1.807) is 0 Å². The third-order valence-electron chi connectivity index (χ3n) is 4.59. The van der Waals surface area contributed by atoms with E-state index in [9.17, 15) is 0 Å². The zero-order valence-electron chi connectivity index (χ0n) is 16.5. The van der Waals surface area contributed by atoms with Gasteiger partial charge < -0.3 is 0 Å². The summed E-state index contributed by atoms with van der Waals surface area (Å²) >= 11 is 0. The molecular formula is C30H20. The quantitative estimate of drug-likeness (QED) is 0.329. The minimum Gasteiger partial charge on any atom is -0.0696 e. The lowest BCUT2D eigenvalue weighted by atomic mass is 10.0. The summed E-state index contributed by atoms with van der Waals surface area (Å²) in [7, 11) is 0. The first-order valence-corrected chi connectivity index (χ1v) is 9.87. The first-order chi connectivity index (χ1) is 14.9. The summed E-state index contributed by atoms with van der Waals surface area (Å²) in [5.74, 6) is 12.5. The van der Waals surface area contributed by atoms with Crippen LogP contribution in [0.1, 0.15) is 22.3 Å². The van der Waals surface area contributed by atoms with Gasteiger partial charge in [0.25, 0.3) is 0 Å². The third-order valence-corrected chi connectivity index (χ3v) is 4.59. The number of allylic oxidation sites excluding steroid dienone is 2. The first kappa shape index (κ1) is 19.1. The second-order valence-electron chi connectivity index (χ2n) is 6.80. The van der Waals surface area contributed by atoms with Gasteiger partial charge >= 0.3 is 0 Å². The van der Waals surface area contributed by atoms with Crippen molar-refractivity contribution in [3.05, 3.63) is 131 Å². The molecule has 0 amide bonds. The van der Waals surface area contributed by atoms with Crippen LogP contribution >= 0.6 is 0 Å². The van der Waals surface area contributed by atoms with Gasteiger partial charge in [0.1, 0.15) is 0 Å². The van der Waals surface area contributed by atoms with E-state index in [-0.39, 0.29) is 0 Å². The molecule has 0 nitrogen and oxygen atoms in total. The van der Waals surface area contributed by atoms with Gasteiger partial charge in [-0.25, -0.2) is 0 Å². The summed E-state index contributed by atoms with van der Waals surface area (Å²) in [5.41, 5.74) is 4.31. The van der Waals surface area contributed by atoms with Gasteiger partial charge in [0.15, 0.2) is 0 Å². The largest absolute Gasteiger partial charge is 0.0696 e. The predicted molar refractivity (Wildman–Crippen MR) is 129 cm³/mol. The maximum absolute atomic E-state index is 3.14. The van der Waals surface area contributed by atoms with Crippen LogP contribution < -0.4 is 0 Å². The molecule has 0 N–H and O–H groups in total. The number of fused-ring (bicyclic) bond motifs is 1. The van der Waals surface area contributed by atoms with Crippen LogP contribution in [0, 0.1) is 23.7 Å². The fourth-order valence-electron chi connectivity index (χ4n) is 3.06. The maximum Gasteiger partial charge on any atom is 0.0248 e. The summed E-state index contributed by atoms with van der Waals surface area (Å²) in [4.78, 5) is 0. The molecule has 0 aliphatic heterocycles. The number of hydrogen-bond acceptors (Lipinski definition) is 0. The molecule has 4 aromatic rings. The van der Waals surface area contributed by atoms with Crippen molar-refractivity contribution in [2.24, 2.45) is 0 Å². The Hall–Kier alpha value is -4.26. The number of benzene rings is 4. The van der Waals surface area contributed by atoms with Gasteiger partial charge in [0.05, 0.1) is 0 Å².